The molecule has 5 aromatic rings. The molecule has 1 N–H and O–H groups in total. The Kier molecular flexibility index (Phi) is 4.75. The predicted octanol–water partition coefficient (Wildman–Crippen LogP) is 3.94. The number of benzene rings is 2. The molecule has 0 amide bonds. The summed E-state index contributed by atoms with van der Waals surface area (Å²) in [5, 5.41) is 21.5. The number of rotatable bonds is 6. The third-order valence-corrected chi connectivity index (χ3v) is 5.77. The molecule has 0 saturated carbocycles. The standard InChI is InChI=1S/C21H18N6O3S/c1-28-14-7-4-12(5-8-14)15-11-16(23-22-15)19-24-25-21-27(19)26-20(31-21)13-6-9-17(29-2)18(10-13)30-3/h4-11H,1-3H3,(H,22,23). The number of fused-ring (bicyclic) bond motifs is 1. The largest absolute Gasteiger partial charge is 0.497 e. The maximum atomic E-state index is 5.40. The van der Waals surface area contributed by atoms with Crippen molar-refractivity contribution in [1.82, 2.24) is 30.0 Å². The van der Waals surface area contributed by atoms with Gasteiger partial charge >= 0.3 is 0 Å². The molecule has 5 rings (SSSR count). The van der Waals surface area contributed by atoms with Crippen LogP contribution in [-0.2, 0) is 0 Å². The first-order chi connectivity index (χ1) is 15.2. The van der Waals surface area contributed by atoms with Crippen LogP contribution in [-0.4, -0.2) is 51.3 Å². The van der Waals surface area contributed by atoms with Crippen LogP contribution in [0.5, 0.6) is 17.2 Å². The van der Waals surface area contributed by atoms with E-state index in [1.165, 1.54) is 11.3 Å². The Bertz CT molecular complexity index is 1360. The van der Waals surface area contributed by atoms with E-state index in [-0.39, 0.29) is 0 Å². The van der Waals surface area contributed by atoms with Gasteiger partial charge in [0.1, 0.15) is 16.5 Å². The molecule has 10 heteroatoms. The lowest BCUT2D eigenvalue weighted by Crippen LogP contribution is -1.93. The van der Waals surface area contributed by atoms with Crippen molar-refractivity contribution >= 4 is 16.3 Å². The zero-order valence-corrected chi connectivity index (χ0v) is 17.8. The first-order valence-corrected chi connectivity index (χ1v) is 10.2. The van der Waals surface area contributed by atoms with Gasteiger partial charge in [-0.25, -0.2) is 0 Å². The van der Waals surface area contributed by atoms with Crippen molar-refractivity contribution in [2.45, 2.75) is 0 Å². The molecule has 0 saturated heterocycles. The van der Waals surface area contributed by atoms with Crippen LogP contribution in [0.1, 0.15) is 0 Å². The number of hydrogen-bond acceptors (Lipinski definition) is 8. The van der Waals surface area contributed by atoms with Crippen LogP contribution in [0.15, 0.2) is 48.5 Å². The molecule has 0 unspecified atom stereocenters. The molecule has 0 radical (unpaired) electrons. The quantitative estimate of drug-likeness (QED) is 0.432. The molecular weight excluding hydrogens is 416 g/mol. The van der Waals surface area contributed by atoms with Gasteiger partial charge in [-0.2, -0.15) is 14.7 Å². The van der Waals surface area contributed by atoms with E-state index in [1.54, 1.807) is 25.8 Å². The highest BCUT2D eigenvalue weighted by Crippen LogP contribution is 2.35. The average Bonchev–Trinajstić information content (AvgIpc) is 3.54. The molecule has 2 aromatic carbocycles. The maximum Gasteiger partial charge on any atom is 0.235 e. The Balaban J connectivity index is 1.50. The highest BCUT2D eigenvalue weighted by atomic mass is 32.1. The van der Waals surface area contributed by atoms with E-state index in [9.17, 15) is 0 Å². The second-order valence-corrected chi connectivity index (χ2v) is 7.55. The van der Waals surface area contributed by atoms with Crippen LogP contribution in [0.25, 0.3) is 38.3 Å². The first kappa shape index (κ1) is 19.1. The number of nitrogens with zero attached hydrogens (tertiary/aromatic N) is 5. The summed E-state index contributed by atoms with van der Waals surface area (Å²) in [4.78, 5) is 0.681. The highest BCUT2D eigenvalue weighted by molar-refractivity contribution is 7.19. The van der Waals surface area contributed by atoms with Gasteiger partial charge in [0, 0.05) is 11.1 Å². The number of hydrogen-bond donors (Lipinski definition) is 1. The van der Waals surface area contributed by atoms with Crippen molar-refractivity contribution in [1.29, 1.82) is 0 Å². The van der Waals surface area contributed by atoms with Crippen LogP contribution >= 0.6 is 11.3 Å². The van der Waals surface area contributed by atoms with E-state index in [0.29, 0.717) is 22.3 Å². The molecule has 0 spiro atoms. The highest BCUT2D eigenvalue weighted by Gasteiger charge is 2.18. The second-order valence-electron chi connectivity index (χ2n) is 6.59. The van der Waals surface area contributed by atoms with Gasteiger partial charge in [-0.05, 0) is 48.5 Å². The lowest BCUT2D eigenvalue weighted by Gasteiger charge is -2.07. The topological polar surface area (TPSA) is 99.5 Å². The molecule has 3 heterocycles. The van der Waals surface area contributed by atoms with E-state index < -0.39 is 0 Å². The van der Waals surface area contributed by atoms with Gasteiger partial charge in [-0.1, -0.05) is 11.3 Å². The van der Waals surface area contributed by atoms with Crippen LogP contribution < -0.4 is 14.2 Å². The zero-order valence-electron chi connectivity index (χ0n) is 17.0. The molecule has 0 aliphatic heterocycles. The smallest absolute Gasteiger partial charge is 0.235 e. The Labute approximate surface area is 181 Å². The van der Waals surface area contributed by atoms with Crippen LogP contribution in [0.2, 0.25) is 0 Å². The van der Waals surface area contributed by atoms with Gasteiger partial charge < -0.3 is 14.2 Å². The summed E-state index contributed by atoms with van der Waals surface area (Å²) in [5.74, 6) is 2.69. The van der Waals surface area contributed by atoms with Crippen molar-refractivity contribution in [3.63, 3.8) is 0 Å². The van der Waals surface area contributed by atoms with E-state index in [4.69, 9.17) is 19.3 Å². The van der Waals surface area contributed by atoms with Crippen molar-refractivity contribution in [2.24, 2.45) is 0 Å². The summed E-state index contributed by atoms with van der Waals surface area (Å²) in [6, 6.07) is 15.3. The lowest BCUT2D eigenvalue weighted by molar-refractivity contribution is 0.355. The summed E-state index contributed by atoms with van der Waals surface area (Å²) in [6.07, 6.45) is 0. The Hall–Kier alpha value is -3.92. The molecule has 31 heavy (non-hydrogen) atoms. The Morgan fingerprint density at radius 2 is 1.61 bits per heavy atom. The fourth-order valence-corrected chi connectivity index (χ4v) is 4.05. The summed E-state index contributed by atoms with van der Waals surface area (Å²) < 4.78 is 17.6. The Morgan fingerprint density at radius 1 is 0.839 bits per heavy atom. The van der Waals surface area contributed by atoms with Crippen LogP contribution in [0.4, 0.5) is 0 Å². The van der Waals surface area contributed by atoms with E-state index in [1.807, 2.05) is 48.5 Å². The first-order valence-electron chi connectivity index (χ1n) is 9.35. The summed E-state index contributed by atoms with van der Waals surface area (Å²) in [6.45, 7) is 0. The van der Waals surface area contributed by atoms with Crippen molar-refractivity contribution in [2.75, 3.05) is 21.3 Å². The fraction of sp³-hybridized carbons (Fsp3) is 0.143. The van der Waals surface area contributed by atoms with E-state index in [0.717, 1.165) is 33.3 Å². The molecule has 0 bridgehead atoms. The van der Waals surface area contributed by atoms with Crippen LogP contribution in [0.3, 0.4) is 0 Å². The van der Waals surface area contributed by atoms with Crippen molar-refractivity contribution in [3.05, 3.63) is 48.5 Å². The number of H-pyrrole nitrogens is 1. The second kappa shape index (κ2) is 7.73. The molecule has 156 valence electrons. The molecule has 0 aliphatic carbocycles. The van der Waals surface area contributed by atoms with Gasteiger partial charge in [0.25, 0.3) is 0 Å². The van der Waals surface area contributed by atoms with Gasteiger partial charge in [0.15, 0.2) is 11.5 Å². The molecular formula is C21H18N6O3S. The van der Waals surface area contributed by atoms with Gasteiger partial charge in [-0.3, -0.25) is 5.10 Å². The third-order valence-electron chi connectivity index (χ3n) is 4.83. The number of ether oxygens (including phenoxy) is 3. The number of nitrogens with one attached hydrogen (secondary N) is 1. The Morgan fingerprint density at radius 3 is 2.35 bits per heavy atom. The summed E-state index contributed by atoms with van der Waals surface area (Å²) in [5.41, 5.74) is 3.39. The lowest BCUT2D eigenvalue weighted by atomic mass is 10.1. The number of aromatic nitrogens is 6. The molecule has 0 fully saturated rings. The third kappa shape index (κ3) is 3.36. The average molecular weight is 434 g/mol. The normalized spacial score (nSPS) is 11.1. The van der Waals surface area contributed by atoms with Crippen molar-refractivity contribution in [3.8, 4) is 50.6 Å². The molecule has 0 aliphatic rings. The fourth-order valence-electron chi connectivity index (χ4n) is 3.22. The number of aromatic amines is 1. The van der Waals surface area contributed by atoms with E-state index >= 15 is 0 Å². The minimum atomic E-state index is 0.588. The van der Waals surface area contributed by atoms with E-state index in [2.05, 4.69) is 20.4 Å². The maximum absolute atomic E-state index is 5.40. The minimum absolute atomic E-state index is 0.588. The molecule has 0 atom stereocenters. The number of methoxy groups -OCH3 is 3. The van der Waals surface area contributed by atoms with Gasteiger partial charge in [0.05, 0.1) is 27.0 Å². The van der Waals surface area contributed by atoms with Crippen LogP contribution in [0, 0.1) is 0 Å². The monoisotopic (exact) mass is 434 g/mol. The zero-order chi connectivity index (χ0) is 21.4. The summed E-state index contributed by atoms with van der Waals surface area (Å²) >= 11 is 1.44. The van der Waals surface area contributed by atoms with Gasteiger partial charge in [-0.15, -0.1) is 10.2 Å². The summed E-state index contributed by atoms with van der Waals surface area (Å²) in [7, 11) is 4.86. The van der Waals surface area contributed by atoms with Gasteiger partial charge in [0.2, 0.25) is 10.8 Å². The molecule has 9 nitrogen and oxygen atoms in total. The predicted molar refractivity (Wildman–Crippen MR) is 117 cm³/mol. The minimum Gasteiger partial charge on any atom is -0.497 e. The SMILES string of the molecule is COc1ccc(-c2cc(-c3nnc4sc(-c5ccc(OC)c(OC)c5)nn34)[nH]n2)cc1. The molecule has 3 aromatic heterocycles. The van der Waals surface area contributed by atoms with Crippen molar-refractivity contribution < 1.29 is 14.2 Å².